The molecule has 2 N–H and O–H groups in total. The van der Waals surface area contributed by atoms with Crippen LogP contribution in [0.15, 0.2) is 6.07 Å². The molecule has 0 aromatic carbocycles. The molecule has 1 aromatic heterocycles. The van der Waals surface area contributed by atoms with Gasteiger partial charge in [-0.05, 0) is 17.5 Å². The summed E-state index contributed by atoms with van der Waals surface area (Å²) >= 11 is 0. The first kappa shape index (κ1) is 8.69. The van der Waals surface area contributed by atoms with Crippen molar-refractivity contribution in [3.05, 3.63) is 23.0 Å². The first-order valence-corrected chi connectivity index (χ1v) is 4.25. The van der Waals surface area contributed by atoms with Gasteiger partial charge in [-0.25, -0.2) is 0 Å². The molecule has 0 bridgehead atoms. The van der Waals surface area contributed by atoms with Crippen molar-refractivity contribution in [2.24, 2.45) is 0 Å². The van der Waals surface area contributed by atoms with Crippen LogP contribution in [0, 0.1) is 0 Å². The van der Waals surface area contributed by atoms with Gasteiger partial charge < -0.3 is 10.1 Å². The van der Waals surface area contributed by atoms with Crippen molar-refractivity contribution in [2.45, 2.75) is 31.8 Å². The number of nitrogens with one attached hydrogen (secondary N) is 1. The second kappa shape index (κ2) is 2.54. The molecular weight excluding hydrogens is 176 g/mol. The monoisotopic (exact) mass is 187 g/mol. The summed E-state index contributed by atoms with van der Waals surface area (Å²) in [6.07, 6.45) is -0.125. The number of halogens is 2. The lowest BCUT2D eigenvalue weighted by atomic mass is 10.1. The normalized spacial score (nSPS) is 24.8. The summed E-state index contributed by atoms with van der Waals surface area (Å²) in [4.78, 5) is 2.56. The SMILES string of the molecule is CC1CC(F)(F)c2[nH]c(CO)cc21. The largest absolute Gasteiger partial charge is 0.390 e. The standard InChI is InChI=1S/C9H11F2NO/c1-5-3-9(10,11)8-7(5)2-6(4-13)12-8/h2,5,12-13H,3-4H2,1H3. The Morgan fingerprint density at radius 3 is 2.92 bits per heavy atom. The van der Waals surface area contributed by atoms with Gasteiger partial charge in [-0.3, -0.25) is 0 Å². The summed E-state index contributed by atoms with van der Waals surface area (Å²) in [6, 6.07) is 1.63. The van der Waals surface area contributed by atoms with Gasteiger partial charge in [0.05, 0.1) is 12.3 Å². The Kier molecular flexibility index (Phi) is 1.70. The number of aliphatic hydroxyl groups is 1. The van der Waals surface area contributed by atoms with Crippen molar-refractivity contribution in [1.29, 1.82) is 0 Å². The first-order chi connectivity index (χ1) is 6.04. The Morgan fingerprint density at radius 1 is 1.69 bits per heavy atom. The molecule has 0 saturated carbocycles. The van der Waals surface area contributed by atoms with E-state index in [0.29, 0.717) is 11.3 Å². The van der Waals surface area contributed by atoms with Gasteiger partial charge in [0.1, 0.15) is 0 Å². The van der Waals surface area contributed by atoms with Crippen molar-refractivity contribution < 1.29 is 13.9 Å². The van der Waals surface area contributed by atoms with Gasteiger partial charge in [-0.15, -0.1) is 0 Å². The molecule has 1 atom stereocenters. The van der Waals surface area contributed by atoms with Crippen LogP contribution < -0.4 is 0 Å². The third kappa shape index (κ3) is 1.16. The van der Waals surface area contributed by atoms with Crippen LogP contribution >= 0.6 is 0 Å². The highest BCUT2D eigenvalue weighted by Crippen LogP contribution is 2.47. The fraction of sp³-hybridized carbons (Fsp3) is 0.556. The van der Waals surface area contributed by atoms with Crippen molar-refractivity contribution in [3.8, 4) is 0 Å². The quantitative estimate of drug-likeness (QED) is 0.694. The molecular formula is C9H11F2NO. The second-order valence-electron chi connectivity index (χ2n) is 3.59. The molecule has 0 radical (unpaired) electrons. The van der Waals surface area contributed by atoms with Crippen molar-refractivity contribution in [2.75, 3.05) is 0 Å². The third-order valence-corrected chi connectivity index (χ3v) is 2.53. The highest BCUT2D eigenvalue weighted by molar-refractivity contribution is 5.36. The van der Waals surface area contributed by atoms with E-state index in [2.05, 4.69) is 4.98 Å². The van der Waals surface area contributed by atoms with E-state index >= 15 is 0 Å². The number of rotatable bonds is 1. The molecule has 4 heteroatoms. The van der Waals surface area contributed by atoms with Crippen LogP contribution in [0.2, 0.25) is 0 Å². The van der Waals surface area contributed by atoms with Gasteiger partial charge in [0.2, 0.25) is 0 Å². The number of H-pyrrole nitrogens is 1. The Balaban J connectivity index is 2.49. The molecule has 1 aliphatic carbocycles. The minimum absolute atomic E-state index is 0.0101. The third-order valence-electron chi connectivity index (χ3n) is 2.53. The summed E-state index contributed by atoms with van der Waals surface area (Å²) in [5.41, 5.74) is 1.11. The van der Waals surface area contributed by atoms with Crippen LogP contribution in [-0.2, 0) is 12.5 Å². The van der Waals surface area contributed by atoms with Crippen LogP contribution in [0.4, 0.5) is 8.78 Å². The average molecular weight is 187 g/mol. The van der Waals surface area contributed by atoms with E-state index in [1.165, 1.54) is 0 Å². The predicted molar refractivity (Wildman–Crippen MR) is 43.6 cm³/mol. The van der Waals surface area contributed by atoms with Crippen molar-refractivity contribution in [1.82, 2.24) is 4.98 Å². The summed E-state index contributed by atoms with van der Waals surface area (Å²) in [7, 11) is 0. The summed E-state index contributed by atoms with van der Waals surface area (Å²) in [5, 5.41) is 8.78. The zero-order valence-electron chi connectivity index (χ0n) is 7.27. The summed E-state index contributed by atoms with van der Waals surface area (Å²) < 4.78 is 26.4. The van der Waals surface area contributed by atoms with E-state index in [1.54, 1.807) is 13.0 Å². The number of hydrogen-bond acceptors (Lipinski definition) is 1. The number of aliphatic hydroxyl groups excluding tert-OH is 1. The Morgan fingerprint density at radius 2 is 2.38 bits per heavy atom. The van der Waals surface area contributed by atoms with Crippen molar-refractivity contribution in [3.63, 3.8) is 0 Å². The van der Waals surface area contributed by atoms with E-state index in [0.717, 1.165) is 0 Å². The maximum atomic E-state index is 13.2. The Bertz CT molecular complexity index is 332. The van der Waals surface area contributed by atoms with Crippen LogP contribution in [0.25, 0.3) is 0 Å². The Hall–Kier alpha value is -0.900. The highest BCUT2D eigenvalue weighted by Gasteiger charge is 2.44. The molecule has 72 valence electrons. The number of aromatic amines is 1. The zero-order chi connectivity index (χ0) is 9.64. The van der Waals surface area contributed by atoms with E-state index < -0.39 is 5.92 Å². The topological polar surface area (TPSA) is 36.0 Å². The van der Waals surface area contributed by atoms with Crippen LogP contribution in [-0.4, -0.2) is 10.1 Å². The minimum Gasteiger partial charge on any atom is -0.390 e. The second-order valence-corrected chi connectivity index (χ2v) is 3.59. The molecule has 0 amide bonds. The van der Waals surface area contributed by atoms with Crippen molar-refractivity contribution >= 4 is 0 Å². The molecule has 1 unspecified atom stereocenters. The van der Waals surface area contributed by atoms with E-state index in [4.69, 9.17) is 5.11 Å². The molecule has 2 nitrogen and oxygen atoms in total. The van der Waals surface area contributed by atoms with E-state index in [1.807, 2.05) is 0 Å². The number of alkyl halides is 2. The molecule has 1 heterocycles. The van der Waals surface area contributed by atoms with E-state index in [9.17, 15) is 8.78 Å². The lowest BCUT2D eigenvalue weighted by molar-refractivity contribution is -0.00989. The lowest BCUT2D eigenvalue weighted by Gasteiger charge is -2.08. The fourth-order valence-electron chi connectivity index (χ4n) is 1.90. The maximum Gasteiger partial charge on any atom is 0.288 e. The average Bonchev–Trinajstić information content (AvgIpc) is 2.53. The summed E-state index contributed by atoms with van der Waals surface area (Å²) in [5.74, 6) is -2.87. The van der Waals surface area contributed by atoms with E-state index in [-0.39, 0.29) is 24.6 Å². The first-order valence-electron chi connectivity index (χ1n) is 4.25. The summed E-state index contributed by atoms with van der Waals surface area (Å²) in [6.45, 7) is 1.56. The minimum atomic E-state index is -2.75. The number of fused-ring (bicyclic) bond motifs is 1. The van der Waals surface area contributed by atoms with Crippen LogP contribution in [0.1, 0.15) is 36.2 Å². The highest BCUT2D eigenvalue weighted by atomic mass is 19.3. The maximum absolute atomic E-state index is 13.2. The Labute approximate surface area is 74.6 Å². The number of aromatic nitrogens is 1. The lowest BCUT2D eigenvalue weighted by Crippen LogP contribution is -2.09. The van der Waals surface area contributed by atoms with Gasteiger partial charge in [-0.1, -0.05) is 6.92 Å². The van der Waals surface area contributed by atoms with Gasteiger partial charge in [0.25, 0.3) is 5.92 Å². The smallest absolute Gasteiger partial charge is 0.288 e. The molecule has 0 saturated heterocycles. The molecule has 1 aromatic rings. The zero-order valence-corrected chi connectivity index (χ0v) is 7.27. The van der Waals surface area contributed by atoms with Gasteiger partial charge in [0.15, 0.2) is 0 Å². The molecule has 0 spiro atoms. The molecule has 0 aliphatic heterocycles. The van der Waals surface area contributed by atoms with Crippen LogP contribution in [0.5, 0.6) is 0 Å². The number of hydrogen-bond donors (Lipinski definition) is 2. The molecule has 0 fully saturated rings. The fourth-order valence-corrected chi connectivity index (χ4v) is 1.90. The van der Waals surface area contributed by atoms with Gasteiger partial charge >= 0.3 is 0 Å². The van der Waals surface area contributed by atoms with Crippen LogP contribution in [0.3, 0.4) is 0 Å². The van der Waals surface area contributed by atoms with Gasteiger partial charge in [-0.2, -0.15) is 8.78 Å². The molecule has 1 aliphatic rings. The predicted octanol–water partition coefficient (Wildman–Crippen LogP) is 2.11. The molecule has 13 heavy (non-hydrogen) atoms. The van der Waals surface area contributed by atoms with Gasteiger partial charge in [0, 0.05) is 12.1 Å². The molecule has 2 rings (SSSR count).